The highest BCUT2D eigenvalue weighted by Crippen LogP contribution is 2.46. The average Bonchev–Trinajstić information content (AvgIpc) is 3.08. The van der Waals surface area contributed by atoms with Crippen molar-refractivity contribution < 1.29 is 0 Å². The number of aryl methyl sites for hydroxylation is 1. The average molecular weight is 550 g/mol. The van der Waals surface area contributed by atoms with Gasteiger partial charge in [0, 0.05) is 6.20 Å². The predicted octanol–water partition coefficient (Wildman–Crippen LogP) is 11.0. The molecular weight excluding hydrogens is 518 g/mol. The number of allylic oxidation sites excluding steroid dienone is 2. The Kier molecular flexibility index (Phi) is 6.16. The van der Waals surface area contributed by atoms with E-state index < -0.39 is 0 Å². The molecule has 0 aromatic heterocycles. The Morgan fingerprint density at radius 3 is 1.56 bits per heavy atom. The number of benzene rings is 7. The van der Waals surface area contributed by atoms with Crippen LogP contribution in [-0.4, -0.2) is 0 Å². The van der Waals surface area contributed by atoms with E-state index in [1.54, 1.807) is 0 Å². The molecule has 1 nitrogen and oxygen atoms in total. The van der Waals surface area contributed by atoms with E-state index in [9.17, 15) is 0 Å². The van der Waals surface area contributed by atoms with Gasteiger partial charge in [-0.25, -0.2) is 0 Å². The summed E-state index contributed by atoms with van der Waals surface area (Å²) in [5.74, 6) is 0. The molecule has 1 unspecified atom stereocenters. The molecule has 7 aromatic rings. The van der Waals surface area contributed by atoms with E-state index in [1.165, 1.54) is 76.8 Å². The lowest BCUT2D eigenvalue weighted by molar-refractivity contribution is 0.749. The molecule has 8 rings (SSSR count). The first kappa shape index (κ1) is 25.3. The van der Waals surface area contributed by atoms with Crippen molar-refractivity contribution >= 4 is 37.9 Å². The Labute approximate surface area is 252 Å². The van der Waals surface area contributed by atoms with Crippen LogP contribution in [-0.2, 0) is 0 Å². The third-order valence-corrected chi connectivity index (χ3v) is 8.82. The highest BCUT2D eigenvalue weighted by Gasteiger charge is 2.19. The first-order valence-electron chi connectivity index (χ1n) is 15.0. The first-order valence-corrected chi connectivity index (χ1v) is 15.0. The molecule has 1 N–H and O–H groups in total. The summed E-state index contributed by atoms with van der Waals surface area (Å²) in [6.07, 6.45) is 6.69. The molecule has 1 heterocycles. The van der Waals surface area contributed by atoms with Crippen LogP contribution in [0.25, 0.3) is 60.1 Å². The van der Waals surface area contributed by atoms with Gasteiger partial charge in [-0.3, -0.25) is 0 Å². The van der Waals surface area contributed by atoms with Crippen molar-refractivity contribution in [2.45, 2.75) is 13.0 Å². The molecular formula is C42H31N. The van der Waals surface area contributed by atoms with Crippen molar-refractivity contribution in [3.8, 4) is 22.3 Å². The summed E-state index contributed by atoms with van der Waals surface area (Å²) in [7, 11) is 0. The summed E-state index contributed by atoms with van der Waals surface area (Å²) < 4.78 is 0. The molecule has 0 fully saturated rings. The van der Waals surface area contributed by atoms with E-state index in [-0.39, 0.29) is 6.04 Å². The maximum atomic E-state index is 3.62. The lowest BCUT2D eigenvalue weighted by Crippen LogP contribution is -2.16. The molecule has 1 atom stereocenters. The fraction of sp³-hybridized carbons (Fsp3) is 0.0476. The van der Waals surface area contributed by atoms with Crippen LogP contribution in [0.4, 0.5) is 0 Å². The van der Waals surface area contributed by atoms with Gasteiger partial charge in [-0.1, -0.05) is 157 Å². The Hall–Kier alpha value is -5.40. The minimum atomic E-state index is 0.181. The summed E-state index contributed by atoms with van der Waals surface area (Å²) in [4.78, 5) is 0. The van der Waals surface area contributed by atoms with Gasteiger partial charge >= 0.3 is 0 Å². The second-order valence-corrected chi connectivity index (χ2v) is 11.4. The van der Waals surface area contributed by atoms with E-state index in [2.05, 4.69) is 170 Å². The van der Waals surface area contributed by atoms with Gasteiger partial charge in [0.1, 0.15) is 0 Å². The van der Waals surface area contributed by atoms with Crippen LogP contribution in [0.15, 0.2) is 158 Å². The summed E-state index contributed by atoms with van der Waals surface area (Å²) >= 11 is 0. The fourth-order valence-electron chi connectivity index (χ4n) is 6.74. The van der Waals surface area contributed by atoms with Crippen molar-refractivity contribution in [2.24, 2.45) is 0 Å². The first-order chi connectivity index (χ1) is 21.3. The zero-order valence-electron chi connectivity index (χ0n) is 24.1. The second kappa shape index (κ2) is 10.5. The van der Waals surface area contributed by atoms with E-state index in [1.807, 2.05) is 0 Å². The van der Waals surface area contributed by atoms with Crippen LogP contribution in [0.3, 0.4) is 0 Å². The third kappa shape index (κ3) is 4.33. The Morgan fingerprint density at radius 2 is 0.977 bits per heavy atom. The predicted molar refractivity (Wildman–Crippen MR) is 184 cm³/mol. The number of fused-ring (bicyclic) bond motifs is 3. The summed E-state index contributed by atoms with van der Waals surface area (Å²) in [5, 5.41) is 11.3. The van der Waals surface area contributed by atoms with Crippen LogP contribution in [0.2, 0.25) is 0 Å². The van der Waals surface area contributed by atoms with Gasteiger partial charge < -0.3 is 5.32 Å². The van der Waals surface area contributed by atoms with Gasteiger partial charge in [-0.2, -0.15) is 0 Å². The second-order valence-electron chi connectivity index (χ2n) is 11.4. The molecule has 0 amide bonds. The lowest BCUT2D eigenvalue weighted by Gasteiger charge is -2.22. The van der Waals surface area contributed by atoms with Crippen LogP contribution < -0.4 is 5.32 Å². The topological polar surface area (TPSA) is 12.0 Å². The zero-order valence-corrected chi connectivity index (χ0v) is 24.1. The molecule has 0 aliphatic carbocycles. The maximum absolute atomic E-state index is 3.62. The van der Waals surface area contributed by atoms with Crippen molar-refractivity contribution in [2.75, 3.05) is 0 Å². The van der Waals surface area contributed by atoms with Gasteiger partial charge in [0.05, 0.1) is 6.04 Å². The number of nitrogens with one attached hydrogen (secondary N) is 1. The fourth-order valence-corrected chi connectivity index (χ4v) is 6.74. The Morgan fingerprint density at radius 1 is 0.465 bits per heavy atom. The summed E-state index contributed by atoms with van der Waals surface area (Å²) in [6, 6.07) is 51.0. The van der Waals surface area contributed by atoms with E-state index >= 15 is 0 Å². The normalized spacial score (nSPS) is 14.6. The minimum absolute atomic E-state index is 0.181. The monoisotopic (exact) mass is 549 g/mol. The van der Waals surface area contributed by atoms with E-state index in [0.29, 0.717) is 0 Å². The van der Waals surface area contributed by atoms with Gasteiger partial charge in [0.2, 0.25) is 0 Å². The highest BCUT2D eigenvalue weighted by molar-refractivity contribution is 6.24. The highest BCUT2D eigenvalue weighted by atomic mass is 14.9. The SMILES string of the molecule is Cc1ccc(-c2c3ccccc3c(-c3ccc(C4=CNC(c5ccccc5)C=C4)c4ccccc34)c3ccccc23)cc1. The molecule has 0 spiro atoms. The zero-order chi connectivity index (χ0) is 28.8. The number of hydrogen-bond acceptors (Lipinski definition) is 1. The summed E-state index contributed by atoms with van der Waals surface area (Å²) in [6.45, 7) is 2.15. The Bertz CT molecular complexity index is 2140. The molecule has 0 bridgehead atoms. The quantitative estimate of drug-likeness (QED) is 0.215. The minimum Gasteiger partial charge on any atom is -0.380 e. The number of rotatable bonds is 4. The van der Waals surface area contributed by atoms with Crippen molar-refractivity contribution in [3.63, 3.8) is 0 Å². The largest absolute Gasteiger partial charge is 0.380 e. The lowest BCUT2D eigenvalue weighted by atomic mass is 9.83. The molecule has 0 saturated carbocycles. The molecule has 0 radical (unpaired) electrons. The van der Waals surface area contributed by atoms with Crippen molar-refractivity contribution in [1.82, 2.24) is 5.32 Å². The summed E-state index contributed by atoms with van der Waals surface area (Å²) in [5.41, 5.74) is 10.1. The van der Waals surface area contributed by atoms with Gasteiger partial charge in [-0.15, -0.1) is 0 Å². The standard InChI is InChI=1S/C42H31N/c1-28-19-21-30(22-20-28)41-35-15-7-9-17-37(35)42(38-18-10-8-16-36(38)41)39-25-24-32(33-13-5-6-14-34(33)39)31-23-26-40(43-27-31)29-11-3-2-4-12-29/h2-27,40,43H,1H3. The van der Waals surface area contributed by atoms with Crippen molar-refractivity contribution in [3.05, 3.63) is 175 Å². The maximum Gasteiger partial charge on any atom is 0.0696 e. The molecule has 1 heteroatoms. The number of dihydropyridines is 1. The van der Waals surface area contributed by atoms with E-state index in [4.69, 9.17) is 0 Å². The third-order valence-electron chi connectivity index (χ3n) is 8.82. The van der Waals surface area contributed by atoms with Crippen LogP contribution >= 0.6 is 0 Å². The Balaban J connectivity index is 1.33. The van der Waals surface area contributed by atoms with Gasteiger partial charge in [0.25, 0.3) is 0 Å². The molecule has 204 valence electrons. The van der Waals surface area contributed by atoms with Crippen LogP contribution in [0.5, 0.6) is 0 Å². The van der Waals surface area contributed by atoms with Crippen molar-refractivity contribution in [1.29, 1.82) is 0 Å². The van der Waals surface area contributed by atoms with Crippen LogP contribution in [0, 0.1) is 6.92 Å². The number of hydrogen-bond donors (Lipinski definition) is 1. The van der Waals surface area contributed by atoms with Crippen LogP contribution in [0.1, 0.15) is 22.7 Å². The molecule has 0 saturated heterocycles. The van der Waals surface area contributed by atoms with E-state index in [0.717, 1.165) is 0 Å². The molecule has 43 heavy (non-hydrogen) atoms. The molecule has 1 aliphatic rings. The van der Waals surface area contributed by atoms with Gasteiger partial charge in [0.15, 0.2) is 0 Å². The van der Waals surface area contributed by atoms with Gasteiger partial charge in [-0.05, 0) is 78.2 Å². The smallest absolute Gasteiger partial charge is 0.0696 e. The molecule has 7 aromatic carbocycles. The molecule has 1 aliphatic heterocycles.